The Bertz CT molecular complexity index is 530. The summed E-state index contributed by atoms with van der Waals surface area (Å²) in [4.78, 5) is 16.9. The molecule has 1 aromatic rings. The van der Waals surface area contributed by atoms with E-state index in [0.717, 1.165) is 23.0 Å². The van der Waals surface area contributed by atoms with E-state index < -0.39 is 10.8 Å². The number of aromatic nitrogens is 1. The second kappa shape index (κ2) is 5.05. The zero-order chi connectivity index (χ0) is 14.1. The van der Waals surface area contributed by atoms with Gasteiger partial charge in [-0.1, -0.05) is 20.3 Å². The van der Waals surface area contributed by atoms with Crippen LogP contribution in [-0.2, 0) is 11.2 Å². The van der Waals surface area contributed by atoms with Crippen LogP contribution in [0.2, 0.25) is 0 Å². The van der Waals surface area contributed by atoms with Crippen molar-refractivity contribution in [2.24, 2.45) is 10.8 Å². The van der Waals surface area contributed by atoms with Crippen molar-refractivity contribution in [2.75, 3.05) is 0 Å². The molecule has 1 aliphatic carbocycles. The number of Topliss-reactive ketones (excluding diaryl/α,β-unsaturated/α-hetero) is 1. The van der Waals surface area contributed by atoms with Gasteiger partial charge in [-0.25, -0.2) is 0 Å². The maximum Gasteiger partial charge on any atom is 0.159 e. The van der Waals surface area contributed by atoms with Crippen molar-refractivity contribution in [3.05, 3.63) is 28.5 Å². The third-order valence-electron chi connectivity index (χ3n) is 3.94. The van der Waals surface area contributed by atoms with Crippen LogP contribution in [0.15, 0.2) is 22.8 Å². The van der Waals surface area contributed by atoms with Crippen molar-refractivity contribution in [3.63, 3.8) is 0 Å². The molecule has 2 rings (SSSR count). The topological polar surface area (TPSA) is 53.8 Å². The third-order valence-corrected chi connectivity index (χ3v) is 4.41. The van der Waals surface area contributed by atoms with Crippen LogP contribution in [0, 0.1) is 22.2 Å². The highest BCUT2D eigenvalue weighted by molar-refractivity contribution is 9.10. The van der Waals surface area contributed by atoms with Gasteiger partial charge in [0, 0.05) is 28.2 Å². The van der Waals surface area contributed by atoms with Gasteiger partial charge in [0.2, 0.25) is 0 Å². The van der Waals surface area contributed by atoms with E-state index in [1.54, 1.807) is 6.20 Å². The van der Waals surface area contributed by atoms with E-state index in [1.165, 1.54) is 0 Å². The molecule has 0 saturated heterocycles. The normalized spacial score (nSPS) is 25.9. The molecule has 3 nitrogen and oxygen atoms in total. The minimum Gasteiger partial charge on any atom is -0.297 e. The second-order valence-corrected chi connectivity index (χ2v) is 6.82. The number of nitriles is 1. The highest BCUT2D eigenvalue weighted by atomic mass is 79.9. The van der Waals surface area contributed by atoms with Gasteiger partial charge < -0.3 is 0 Å². The van der Waals surface area contributed by atoms with Gasteiger partial charge in [0.25, 0.3) is 0 Å². The molecule has 1 saturated carbocycles. The van der Waals surface area contributed by atoms with Crippen LogP contribution in [0.25, 0.3) is 0 Å². The number of hydrogen-bond donors (Lipinski definition) is 0. The first-order valence-corrected chi connectivity index (χ1v) is 7.26. The average Bonchev–Trinajstić information content (AvgIpc) is 2.38. The lowest BCUT2D eigenvalue weighted by Crippen LogP contribution is -2.45. The maximum atomic E-state index is 12.6. The smallest absolute Gasteiger partial charge is 0.159 e. The Balaban J connectivity index is 2.31. The van der Waals surface area contributed by atoms with E-state index in [4.69, 9.17) is 0 Å². The molecule has 0 aliphatic heterocycles. The molecule has 1 unspecified atom stereocenters. The van der Waals surface area contributed by atoms with E-state index >= 15 is 0 Å². The highest BCUT2D eigenvalue weighted by Gasteiger charge is 2.49. The van der Waals surface area contributed by atoms with Crippen molar-refractivity contribution in [2.45, 2.75) is 39.5 Å². The van der Waals surface area contributed by atoms with Crippen LogP contribution in [0.3, 0.4) is 0 Å². The quantitative estimate of drug-likeness (QED) is 0.835. The van der Waals surface area contributed by atoms with Gasteiger partial charge in [-0.05, 0) is 40.9 Å². The number of carbonyl (C=O) groups excluding carboxylic acids is 1. The predicted octanol–water partition coefficient (Wildman–Crippen LogP) is 3.68. The lowest BCUT2D eigenvalue weighted by atomic mass is 9.61. The molecule has 0 bridgehead atoms. The van der Waals surface area contributed by atoms with Crippen LogP contribution >= 0.6 is 15.9 Å². The third kappa shape index (κ3) is 2.71. The Morgan fingerprint density at radius 2 is 2.16 bits per heavy atom. The molecule has 0 aromatic carbocycles. The molecule has 4 heteroatoms. The Morgan fingerprint density at radius 1 is 1.42 bits per heavy atom. The summed E-state index contributed by atoms with van der Waals surface area (Å²) in [5, 5.41) is 9.55. The predicted molar refractivity (Wildman–Crippen MR) is 76.3 cm³/mol. The molecule has 1 heterocycles. The van der Waals surface area contributed by atoms with Crippen molar-refractivity contribution in [1.82, 2.24) is 4.98 Å². The zero-order valence-corrected chi connectivity index (χ0v) is 12.8. The molecule has 1 aliphatic rings. The van der Waals surface area contributed by atoms with Gasteiger partial charge in [-0.2, -0.15) is 5.26 Å². The van der Waals surface area contributed by atoms with E-state index in [9.17, 15) is 10.1 Å². The van der Waals surface area contributed by atoms with Crippen molar-refractivity contribution < 1.29 is 4.79 Å². The number of pyridine rings is 1. The molecule has 1 aromatic heterocycles. The molecule has 0 spiro atoms. The Morgan fingerprint density at radius 3 is 2.74 bits per heavy atom. The van der Waals surface area contributed by atoms with Crippen molar-refractivity contribution in [3.8, 4) is 6.07 Å². The van der Waals surface area contributed by atoms with Gasteiger partial charge in [-0.15, -0.1) is 0 Å². The number of ketones is 1. The number of rotatable bonds is 2. The number of halogens is 1. The second-order valence-electron chi connectivity index (χ2n) is 5.91. The molecule has 0 N–H and O–H groups in total. The van der Waals surface area contributed by atoms with Crippen molar-refractivity contribution >= 4 is 21.7 Å². The lowest BCUT2D eigenvalue weighted by Gasteiger charge is -2.38. The monoisotopic (exact) mass is 320 g/mol. The molecular formula is C15H17BrN2O. The minimum absolute atomic E-state index is 0.0680. The summed E-state index contributed by atoms with van der Waals surface area (Å²) in [7, 11) is 0. The molecule has 0 amide bonds. The van der Waals surface area contributed by atoms with Gasteiger partial charge in [-0.3, -0.25) is 9.78 Å². The Kier molecular flexibility index (Phi) is 3.78. The zero-order valence-electron chi connectivity index (χ0n) is 11.2. The largest absolute Gasteiger partial charge is 0.297 e. The Labute approximate surface area is 122 Å². The summed E-state index contributed by atoms with van der Waals surface area (Å²) < 4.78 is 0.901. The SMILES string of the molecule is CC1(C)CCCC(C#N)(Cc2ccc(Br)cn2)C1=O. The van der Waals surface area contributed by atoms with Crippen LogP contribution in [0.4, 0.5) is 0 Å². The maximum absolute atomic E-state index is 12.6. The molecule has 100 valence electrons. The molecule has 0 radical (unpaired) electrons. The fourth-order valence-corrected chi connectivity index (χ4v) is 3.08. The standard InChI is InChI=1S/C15H17BrN2O/c1-14(2)6-3-7-15(10-17,13(14)19)8-12-5-4-11(16)9-18-12/h4-5,9H,3,6-8H2,1-2H3. The summed E-state index contributed by atoms with van der Waals surface area (Å²) in [6.07, 6.45) is 4.55. The van der Waals surface area contributed by atoms with E-state index in [0.29, 0.717) is 12.8 Å². The summed E-state index contributed by atoms with van der Waals surface area (Å²) in [5.41, 5.74) is -0.498. The summed E-state index contributed by atoms with van der Waals surface area (Å²) in [5.74, 6) is 0.0680. The molecule has 1 atom stereocenters. The molecule has 19 heavy (non-hydrogen) atoms. The van der Waals surface area contributed by atoms with Gasteiger partial charge in [0.05, 0.1) is 6.07 Å². The van der Waals surface area contributed by atoms with Crippen LogP contribution in [0.1, 0.15) is 38.8 Å². The van der Waals surface area contributed by atoms with Crippen LogP contribution in [0.5, 0.6) is 0 Å². The first-order valence-electron chi connectivity index (χ1n) is 6.46. The van der Waals surface area contributed by atoms with E-state index in [1.807, 2.05) is 26.0 Å². The van der Waals surface area contributed by atoms with Gasteiger partial charge >= 0.3 is 0 Å². The van der Waals surface area contributed by atoms with E-state index in [-0.39, 0.29) is 5.78 Å². The van der Waals surface area contributed by atoms with Gasteiger partial charge in [0.1, 0.15) is 5.41 Å². The first-order chi connectivity index (χ1) is 8.89. The van der Waals surface area contributed by atoms with Crippen LogP contribution in [-0.4, -0.2) is 10.8 Å². The number of nitrogens with zero attached hydrogens (tertiary/aromatic N) is 2. The summed E-state index contributed by atoms with van der Waals surface area (Å²) in [6.45, 7) is 3.88. The molecular weight excluding hydrogens is 304 g/mol. The lowest BCUT2D eigenvalue weighted by molar-refractivity contribution is -0.138. The molecule has 1 fully saturated rings. The summed E-state index contributed by atoms with van der Waals surface area (Å²) >= 11 is 3.34. The minimum atomic E-state index is -0.900. The van der Waals surface area contributed by atoms with Crippen LogP contribution < -0.4 is 0 Å². The Hall–Kier alpha value is -1.21. The fourth-order valence-electron chi connectivity index (χ4n) is 2.84. The fraction of sp³-hybridized carbons (Fsp3) is 0.533. The number of carbonyl (C=O) groups is 1. The van der Waals surface area contributed by atoms with E-state index in [2.05, 4.69) is 27.0 Å². The first kappa shape index (κ1) is 14.2. The number of hydrogen-bond acceptors (Lipinski definition) is 3. The average molecular weight is 321 g/mol. The summed E-state index contributed by atoms with van der Waals surface area (Å²) in [6, 6.07) is 6.05. The van der Waals surface area contributed by atoms with Gasteiger partial charge in [0.15, 0.2) is 5.78 Å². The van der Waals surface area contributed by atoms with Crippen molar-refractivity contribution in [1.29, 1.82) is 5.26 Å². The highest BCUT2D eigenvalue weighted by Crippen LogP contribution is 2.44.